The predicted molar refractivity (Wildman–Crippen MR) is 84.9 cm³/mol. The zero-order chi connectivity index (χ0) is 13.9. The van der Waals surface area contributed by atoms with Gasteiger partial charge in [-0.3, -0.25) is 0 Å². The van der Waals surface area contributed by atoms with Crippen LogP contribution in [0, 0.1) is 0 Å². The van der Waals surface area contributed by atoms with Gasteiger partial charge in [0.15, 0.2) is 0 Å². The largest absolute Gasteiger partial charge is 0.324 e. The monoisotopic (exact) mass is 280 g/mol. The molecule has 2 nitrogen and oxygen atoms in total. The second-order valence-electron chi connectivity index (χ2n) is 4.80. The Bertz CT molecular complexity index is 738. The second-order valence-corrected chi connectivity index (χ2v) is 5.86. The number of hydrogen-bond donors (Lipinski definition) is 1. The molecule has 0 aliphatic carbocycles. The Hall–Kier alpha value is -1.84. The summed E-state index contributed by atoms with van der Waals surface area (Å²) in [6.07, 6.45) is 1.81. The zero-order valence-electron chi connectivity index (χ0n) is 11.3. The minimum atomic E-state index is -0.00773. The number of benzene rings is 2. The van der Waals surface area contributed by atoms with Gasteiger partial charge in [-0.2, -0.15) is 0 Å². The molecule has 2 N–H and O–H groups in total. The summed E-state index contributed by atoms with van der Waals surface area (Å²) in [7, 11) is 0. The lowest BCUT2D eigenvalue weighted by atomic mass is 10.1. The topological polar surface area (TPSA) is 38.9 Å². The molecule has 0 bridgehead atoms. The van der Waals surface area contributed by atoms with Crippen LogP contribution in [0.1, 0.15) is 18.5 Å². The van der Waals surface area contributed by atoms with Gasteiger partial charge in [-0.05, 0) is 35.9 Å². The van der Waals surface area contributed by atoms with Crippen molar-refractivity contribution in [3.63, 3.8) is 0 Å². The maximum Gasteiger partial charge on any atom is 0.105 e. The van der Waals surface area contributed by atoms with Crippen molar-refractivity contribution in [1.82, 2.24) is 4.98 Å². The molecule has 1 atom stereocenters. The average Bonchev–Trinajstić information content (AvgIpc) is 2.47. The fourth-order valence-electron chi connectivity index (χ4n) is 2.18. The summed E-state index contributed by atoms with van der Waals surface area (Å²) < 4.78 is 0. The molecule has 3 heteroatoms. The van der Waals surface area contributed by atoms with E-state index >= 15 is 0 Å². The van der Waals surface area contributed by atoms with Crippen LogP contribution in [-0.2, 0) is 0 Å². The summed E-state index contributed by atoms with van der Waals surface area (Å²) in [6, 6.07) is 18.8. The van der Waals surface area contributed by atoms with E-state index in [4.69, 9.17) is 5.73 Å². The molecule has 0 radical (unpaired) electrons. The third-order valence-corrected chi connectivity index (χ3v) is 4.25. The van der Waals surface area contributed by atoms with Crippen LogP contribution < -0.4 is 5.73 Å². The molecule has 100 valence electrons. The fourth-order valence-corrected chi connectivity index (χ4v) is 3.21. The Morgan fingerprint density at radius 3 is 2.60 bits per heavy atom. The highest BCUT2D eigenvalue weighted by atomic mass is 32.2. The molecule has 0 aliphatic heterocycles. The van der Waals surface area contributed by atoms with Crippen LogP contribution in [0.2, 0.25) is 0 Å². The molecule has 0 saturated heterocycles. The number of aromatic nitrogens is 1. The first-order valence-electron chi connectivity index (χ1n) is 6.61. The Balaban J connectivity index is 1.97. The average molecular weight is 280 g/mol. The fraction of sp³-hybridized carbons (Fsp3) is 0.118. The number of rotatable bonds is 3. The van der Waals surface area contributed by atoms with Crippen LogP contribution in [0.5, 0.6) is 0 Å². The molecule has 1 heterocycles. The van der Waals surface area contributed by atoms with E-state index in [1.807, 2.05) is 25.3 Å². The lowest BCUT2D eigenvalue weighted by Gasteiger charge is -2.11. The van der Waals surface area contributed by atoms with E-state index in [0.29, 0.717) is 0 Å². The molecule has 0 fully saturated rings. The van der Waals surface area contributed by atoms with Crippen molar-refractivity contribution in [1.29, 1.82) is 0 Å². The van der Waals surface area contributed by atoms with E-state index in [1.54, 1.807) is 11.8 Å². The molecule has 2 aromatic carbocycles. The molecule has 0 unspecified atom stereocenters. The highest BCUT2D eigenvalue weighted by molar-refractivity contribution is 7.99. The van der Waals surface area contributed by atoms with E-state index in [2.05, 4.69) is 47.4 Å². The van der Waals surface area contributed by atoms with Crippen molar-refractivity contribution in [2.75, 3.05) is 0 Å². The molecular formula is C17H16N2S. The highest BCUT2D eigenvalue weighted by Gasteiger charge is 2.09. The van der Waals surface area contributed by atoms with Gasteiger partial charge in [0, 0.05) is 22.7 Å². The van der Waals surface area contributed by atoms with Crippen LogP contribution in [0.4, 0.5) is 0 Å². The van der Waals surface area contributed by atoms with E-state index < -0.39 is 0 Å². The highest BCUT2D eigenvalue weighted by Crippen LogP contribution is 2.32. The minimum absolute atomic E-state index is 0.00773. The van der Waals surface area contributed by atoms with Gasteiger partial charge in [0.05, 0.1) is 0 Å². The molecule has 0 spiro atoms. The number of nitrogens with zero attached hydrogens (tertiary/aromatic N) is 1. The van der Waals surface area contributed by atoms with E-state index in [9.17, 15) is 0 Å². The van der Waals surface area contributed by atoms with E-state index in [1.165, 1.54) is 15.7 Å². The minimum Gasteiger partial charge on any atom is -0.324 e. The summed E-state index contributed by atoms with van der Waals surface area (Å²) in [5, 5.41) is 3.49. The van der Waals surface area contributed by atoms with Crippen molar-refractivity contribution >= 4 is 22.5 Å². The SMILES string of the molecule is C[C@H](N)c1cccnc1Sc1ccc2ccccc2c1. The van der Waals surface area contributed by atoms with Crippen LogP contribution in [0.3, 0.4) is 0 Å². The Morgan fingerprint density at radius 1 is 1.00 bits per heavy atom. The third-order valence-electron chi connectivity index (χ3n) is 3.23. The van der Waals surface area contributed by atoms with Crippen LogP contribution >= 0.6 is 11.8 Å². The Morgan fingerprint density at radius 2 is 1.80 bits per heavy atom. The number of nitrogens with two attached hydrogens (primary N) is 1. The molecule has 3 aromatic rings. The van der Waals surface area contributed by atoms with E-state index in [-0.39, 0.29) is 6.04 Å². The smallest absolute Gasteiger partial charge is 0.105 e. The number of pyridine rings is 1. The lowest BCUT2D eigenvalue weighted by Crippen LogP contribution is -2.07. The van der Waals surface area contributed by atoms with Gasteiger partial charge in [-0.15, -0.1) is 0 Å². The zero-order valence-corrected chi connectivity index (χ0v) is 12.1. The molecule has 1 aromatic heterocycles. The Labute approximate surface area is 123 Å². The summed E-state index contributed by atoms with van der Waals surface area (Å²) in [6.45, 7) is 1.99. The molecule has 20 heavy (non-hydrogen) atoms. The van der Waals surface area contributed by atoms with Gasteiger partial charge in [0.25, 0.3) is 0 Å². The first kappa shape index (κ1) is 13.2. The van der Waals surface area contributed by atoms with Crippen LogP contribution in [0.25, 0.3) is 10.8 Å². The maximum absolute atomic E-state index is 6.01. The summed E-state index contributed by atoms with van der Waals surface area (Å²) in [4.78, 5) is 5.64. The van der Waals surface area contributed by atoms with Gasteiger partial charge in [-0.25, -0.2) is 4.98 Å². The molecule has 0 amide bonds. The number of hydrogen-bond acceptors (Lipinski definition) is 3. The van der Waals surface area contributed by atoms with Crippen LogP contribution in [-0.4, -0.2) is 4.98 Å². The first-order chi connectivity index (χ1) is 9.74. The molecule has 0 aliphatic rings. The first-order valence-corrected chi connectivity index (χ1v) is 7.43. The summed E-state index contributed by atoms with van der Waals surface area (Å²) in [5.74, 6) is 0. The lowest BCUT2D eigenvalue weighted by molar-refractivity contribution is 0.779. The van der Waals surface area contributed by atoms with Gasteiger partial charge < -0.3 is 5.73 Å². The molecule has 0 saturated carbocycles. The predicted octanol–water partition coefficient (Wildman–Crippen LogP) is 4.41. The summed E-state index contributed by atoms with van der Waals surface area (Å²) in [5.41, 5.74) is 7.09. The standard InChI is InChI=1S/C17H16N2S/c1-12(18)16-7-4-10-19-17(16)20-15-9-8-13-5-2-3-6-14(13)11-15/h2-12H,18H2,1H3/t12-/m0/s1. The van der Waals surface area contributed by atoms with Crippen molar-refractivity contribution in [2.24, 2.45) is 5.73 Å². The number of fused-ring (bicyclic) bond motifs is 1. The normalized spacial score (nSPS) is 12.5. The maximum atomic E-state index is 6.01. The van der Waals surface area contributed by atoms with Gasteiger partial charge in [0.1, 0.15) is 5.03 Å². The molecule has 3 rings (SSSR count). The van der Waals surface area contributed by atoms with Gasteiger partial charge >= 0.3 is 0 Å². The Kier molecular flexibility index (Phi) is 3.72. The molecular weight excluding hydrogens is 264 g/mol. The van der Waals surface area contributed by atoms with Crippen molar-refractivity contribution in [2.45, 2.75) is 22.9 Å². The van der Waals surface area contributed by atoms with Crippen molar-refractivity contribution < 1.29 is 0 Å². The van der Waals surface area contributed by atoms with Gasteiger partial charge in [-0.1, -0.05) is 48.2 Å². The van der Waals surface area contributed by atoms with E-state index in [0.717, 1.165) is 10.6 Å². The van der Waals surface area contributed by atoms with Crippen molar-refractivity contribution in [3.05, 3.63) is 66.4 Å². The van der Waals surface area contributed by atoms with Crippen LogP contribution in [0.15, 0.2) is 70.7 Å². The van der Waals surface area contributed by atoms with Gasteiger partial charge in [0.2, 0.25) is 0 Å². The quantitative estimate of drug-likeness (QED) is 0.772. The second kappa shape index (κ2) is 5.65. The third kappa shape index (κ3) is 2.69. The van der Waals surface area contributed by atoms with Crippen molar-refractivity contribution in [3.8, 4) is 0 Å². The summed E-state index contributed by atoms with van der Waals surface area (Å²) >= 11 is 1.67.